The van der Waals surface area contributed by atoms with Crippen LogP contribution in [0.1, 0.15) is 79.8 Å². The molecular weight excluding hydrogens is 547 g/mol. The molecule has 0 saturated carbocycles. The number of rotatable bonds is 6. The summed E-state index contributed by atoms with van der Waals surface area (Å²) in [5.41, 5.74) is 4.78. The van der Waals surface area contributed by atoms with E-state index in [-0.39, 0.29) is 17.3 Å². The third kappa shape index (κ3) is 5.64. The molecular formula is C32H35FN8O2. The molecule has 222 valence electrons. The number of H-pyrrole nitrogens is 1. The molecule has 0 aliphatic carbocycles. The van der Waals surface area contributed by atoms with Crippen LogP contribution in [0.4, 0.5) is 4.39 Å². The average Bonchev–Trinajstić information content (AvgIpc) is 3.66. The van der Waals surface area contributed by atoms with E-state index in [9.17, 15) is 4.79 Å². The van der Waals surface area contributed by atoms with Crippen molar-refractivity contribution in [2.75, 3.05) is 13.1 Å². The molecule has 10 nitrogen and oxygen atoms in total. The van der Waals surface area contributed by atoms with E-state index in [0.29, 0.717) is 43.0 Å². The molecule has 1 aliphatic rings. The van der Waals surface area contributed by atoms with Gasteiger partial charge >= 0.3 is 11.8 Å². The van der Waals surface area contributed by atoms with Crippen LogP contribution in [0.2, 0.25) is 0 Å². The van der Waals surface area contributed by atoms with Gasteiger partial charge in [0.05, 0.1) is 17.4 Å². The van der Waals surface area contributed by atoms with Crippen molar-refractivity contribution in [3.05, 3.63) is 77.2 Å². The fourth-order valence-corrected chi connectivity index (χ4v) is 5.47. The summed E-state index contributed by atoms with van der Waals surface area (Å²) in [4.78, 5) is 26.2. The molecule has 1 fully saturated rings. The Kier molecular flexibility index (Phi) is 7.29. The minimum Gasteiger partial charge on any atom is -0.341 e. The topological polar surface area (TPSA) is 135 Å². The van der Waals surface area contributed by atoms with Gasteiger partial charge in [-0.2, -0.15) is 10.1 Å². The number of piperidine rings is 1. The maximum absolute atomic E-state index is 15.4. The fourth-order valence-electron chi connectivity index (χ4n) is 5.47. The molecule has 43 heavy (non-hydrogen) atoms. The predicted octanol–water partition coefficient (Wildman–Crippen LogP) is 5.72. The molecule has 1 aromatic carbocycles. The Balaban J connectivity index is 1.22. The second-order valence-corrected chi connectivity index (χ2v) is 12.3. The van der Waals surface area contributed by atoms with Gasteiger partial charge in [-0.3, -0.25) is 14.9 Å². The predicted molar refractivity (Wildman–Crippen MR) is 161 cm³/mol. The van der Waals surface area contributed by atoms with Gasteiger partial charge in [0.1, 0.15) is 5.67 Å². The number of hydrogen-bond acceptors (Lipinski definition) is 8. The molecule has 5 aromatic rings. The molecule has 5 heterocycles. The number of fused-ring (bicyclic) bond motifs is 1. The first-order chi connectivity index (χ1) is 20.5. The van der Waals surface area contributed by atoms with Crippen LogP contribution in [0, 0.1) is 6.92 Å². The molecule has 11 heteroatoms. The van der Waals surface area contributed by atoms with E-state index in [1.165, 1.54) is 0 Å². The summed E-state index contributed by atoms with van der Waals surface area (Å²) >= 11 is 0. The summed E-state index contributed by atoms with van der Waals surface area (Å²) < 4.78 is 20.6. The summed E-state index contributed by atoms with van der Waals surface area (Å²) in [6.07, 6.45) is 4.27. The lowest BCUT2D eigenvalue weighted by Gasteiger charge is -2.30. The Hall–Kier alpha value is -4.51. The summed E-state index contributed by atoms with van der Waals surface area (Å²) in [6, 6.07) is 11.4. The van der Waals surface area contributed by atoms with Crippen LogP contribution in [-0.4, -0.2) is 49.3 Å². The summed E-state index contributed by atoms with van der Waals surface area (Å²) in [5.74, 6) is 0.00236. The van der Waals surface area contributed by atoms with Gasteiger partial charge in [-0.15, -0.1) is 0 Å². The van der Waals surface area contributed by atoms with Gasteiger partial charge in [-0.1, -0.05) is 44.1 Å². The number of aryl methyl sites for hydroxylation is 1. The van der Waals surface area contributed by atoms with E-state index in [1.807, 2.05) is 65.0 Å². The third-order valence-electron chi connectivity index (χ3n) is 8.05. The SMILES string of the molecule is Cc1cc(-c2[nH]nc3ncc(-c4ccc(C5(F)CCNCC5)cn4)cc23)ccc1C(C)NC(=O)c1nc(C(C)(C)C)no1. The molecule has 0 radical (unpaired) electrons. The molecule has 6 rings (SSSR count). The van der Waals surface area contributed by atoms with Crippen LogP contribution in [0.25, 0.3) is 33.5 Å². The number of aromatic amines is 1. The van der Waals surface area contributed by atoms with Gasteiger partial charge in [-0.25, -0.2) is 9.37 Å². The number of alkyl halides is 1. The van der Waals surface area contributed by atoms with Gasteiger partial charge in [0.25, 0.3) is 0 Å². The van der Waals surface area contributed by atoms with Crippen molar-refractivity contribution < 1.29 is 13.7 Å². The minimum atomic E-state index is -1.34. The number of carbonyl (C=O) groups excluding carboxylic acids is 1. The van der Waals surface area contributed by atoms with Crippen molar-refractivity contribution in [2.24, 2.45) is 0 Å². The highest BCUT2D eigenvalue weighted by molar-refractivity contribution is 5.93. The van der Waals surface area contributed by atoms with Crippen molar-refractivity contribution in [1.82, 2.24) is 40.9 Å². The zero-order chi connectivity index (χ0) is 30.4. The fraction of sp³-hybridized carbons (Fsp3) is 0.375. The van der Waals surface area contributed by atoms with Gasteiger partial charge in [0, 0.05) is 39.9 Å². The van der Waals surface area contributed by atoms with E-state index >= 15 is 4.39 Å². The lowest BCUT2D eigenvalue weighted by atomic mass is 9.88. The third-order valence-corrected chi connectivity index (χ3v) is 8.05. The summed E-state index contributed by atoms with van der Waals surface area (Å²) in [7, 11) is 0. The summed E-state index contributed by atoms with van der Waals surface area (Å²) in [5, 5.41) is 18.5. The van der Waals surface area contributed by atoms with Crippen molar-refractivity contribution in [1.29, 1.82) is 0 Å². The molecule has 3 N–H and O–H groups in total. The first-order valence-corrected chi connectivity index (χ1v) is 14.5. The highest BCUT2D eigenvalue weighted by atomic mass is 19.1. The Morgan fingerprint density at radius 2 is 1.86 bits per heavy atom. The van der Waals surface area contributed by atoms with Crippen molar-refractivity contribution in [3.63, 3.8) is 0 Å². The quantitative estimate of drug-likeness (QED) is 0.232. The van der Waals surface area contributed by atoms with Crippen LogP contribution in [0.5, 0.6) is 0 Å². The van der Waals surface area contributed by atoms with Crippen molar-refractivity contribution >= 4 is 16.9 Å². The van der Waals surface area contributed by atoms with Crippen LogP contribution in [-0.2, 0) is 11.1 Å². The Labute approximate surface area is 248 Å². The molecule has 1 saturated heterocycles. The Bertz CT molecular complexity index is 1780. The summed E-state index contributed by atoms with van der Waals surface area (Å²) in [6.45, 7) is 11.1. The van der Waals surface area contributed by atoms with Gasteiger partial charge in [0.15, 0.2) is 11.5 Å². The number of pyridine rings is 2. The monoisotopic (exact) mass is 582 g/mol. The molecule has 1 atom stereocenters. The van der Waals surface area contributed by atoms with E-state index in [1.54, 1.807) is 12.4 Å². The molecule has 0 bridgehead atoms. The first kappa shape index (κ1) is 28.6. The Morgan fingerprint density at radius 1 is 1.07 bits per heavy atom. The van der Waals surface area contributed by atoms with Gasteiger partial charge in [0.2, 0.25) is 0 Å². The van der Waals surface area contributed by atoms with E-state index in [4.69, 9.17) is 4.52 Å². The molecule has 4 aromatic heterocycles. The van der Waals surface area contributed by atoms with Crippen LogP contribution < -0.4 is 10.6 Å². The molecule has 1 aliphatic heterocycles. The zero-order valence-corrected chi connectivity index (χ0v) is 25.0. The lowest BCUT2D eigenvalue weighted by Crippen LogP contribution is -2.36. The molecule has 0 spiro atoms. The Morgan fingerprint density at radius 3 is 2.53 bits per heavy atom. The number of benzene rings is 1. The largest absolute Gasteiger partial charge is 0.341 e. The second-order valence-electron chi connectivity index (χ2n) is 12.3. The first-order valence-electron chi connectivity index (χ1n) is 14.5. The maximum atomic E-state index is 15.4. The smallest absolute Gasteiger partial charge is 0.315 e. The second kappa shape index (κ2) is 11.0. The number of carbonyl (C=O) groups is 1. The van der Waals surface area contributed by atoms with Crippen molar-refractivity contribution in [3.8, 4) is 22.5 Å². The number of halogens is 1. The number of nitrogens with zero attached hydrogens (tertiary/aromatic N) is 5. The van der Waals surface area contributed by atoms with E-state index in [2.05, 4.69) is 47.0 Å². The number of amides is 1. The van der Waals surface area contributed by atoms with Gasteiger partial charge < -0.3 is 15.2 Å². The lowest BCUT2D eigenvalue weighted by molar-refractivity contribution is 0.0895. The van der Waals surface area contributed by atoms with Crippen LogP contribution in [0.3, 0.4) is 0 Å². The van der Waals surface area contributed by atoms with Gasteiger partial charge in [-0.05, 0) is 69.1 Å². The maximum Gasteiger partial charge on any atom is 0.315 e. The number of hydrogen-bond donors (Lipinski definition) is 3. The van der Waals surface area contributed by atoms with Crippen LogP contribution >= 0.6 is 0 Å². The van der Waals surface area contributed by atoms with E-state index in [0.717, 1.165) is 39.0 Å². The molecule has 1 amide bonds. The standard InChI is InChI=1S/C32H35FN8O2/c1-18-14-20(6-8-23(18)19(2)37-28(42)29-38-30(41-43-29)31(3,4)5)26-24-15-21(16-36-27(24)40-39-26)25-9-7-22(17-35-25)32(33)10-12-34-13-11-32/h6-9,14-17,19,34H,10-13H2,1-5H3,(H,37,42)(H,36,39,40). The van der Waals surface area contributed by atoms with Crippen LogP contribution in [0.15, 0.2) is 53.3 Å². The molecule has 1 unspecified atom stereocenters. The van der Waals surface area contributed by atoms with E-state index < -0.39 is 11.6 Å². The number of aromatic nitrogens is 6. The zero-order valence-electron chi connectivity index (χ0n) is 25.0. The average molecular weight is 583 g/mol. The highest BCUT2D eigenvalue weighted by Crippen LogP contribution is 2.36. The normalized spacial score (nSPS) is 15.9. The number of nitrogens with one attached hydrogen (secondary N) is 3. The minimum absolute atomic E-state index is 0.0575. The van der Waals surface area contributed by atoms with Crippen molar-refractivity contribution in [2.45, 2.75) is 64.6 Å². The highest BCUT2D eigenvalue weighted by Gasteiger charge is 2.34.